The lowest BCUT2D eigenvalue weighted by Gasteiger charge is -2.09. The van der Waals surface area contributed by atoms with E-state index >= 15 is 0 Å². The number of halogens is 1. The smallest absolute Gasteiger partial charge is 0.305 e. The van der Waals surface area contributed by atoms with Crippen LogP contribution in [0.25, 0.3) is 0 Å². The largest absolute Gasteiger partial charge is 0.481 e. The van der Waals surface area contributed by atoms with Crippen molar-refractivity contribution >= 4 is 29.5 Å². The molecule has 7 nitrogen and oxygen atoms in total. The first-order valence-corrected chi connectivity index (χ1v) is 5.49. The van der Waals surface area contributed by atoms with Gasteiger partial charge in [-0.1, -0.05) is 0 Å². The van der Waals surface area contributed by atoms with Crippen molar-refractivity contribution in [3.63, 3.8) is 0 Å². The molecule has 1 rings (SSSR count). The highest BCUT2D eigenvalue weighted by Gasteiger charge is 2.06. The predicted octanol–water partition coefficient (Wildman–Crippen LogP) is 1.23. The van der Waals surface area contributed by atoms with Crippen molar-refractivity contribution in [2.24, 2.45) is 0 Å². The fourth-order valence-corrected chi connectivity index (χ4v) is 1.19. The molecule has 0 aliphatic rings. The number of nitrogens with zero attached hydrogens (tertiary/aromatic N) is 3. The van der Waals surface area contributed by atoms with E-state index in [1.54, 1.807) is 0 Å². The highest BCUT2D eigenvalue weighted by Crippen LogP contribution is 2.10. The van der Waals surface area contributed by atoms with E-state index in [-0.39, 0.29) is 30.2 Å². The van der Waals surface area contributed by atoms with Crippen molar-refractivity contribution in [3.05, 3.63) is 5.28 Å². The molecule has 8 heteroatoms. The van der Waals surface area contributed by atoms with E-state index in [4.69, 9.17) is 16.7 Å². The van der Waals surface area contributed by atoms with Gasteiger partial charge in [-0.3, -0.25) is 4.79 Å². The third-order valence-electron chi connectivity index (χ3n) is 1.65. The molecule has 0 saturated heterocycles. The molecule has 0 unspecified atom stereocenters. The maximum atomic E-state index is 10.3. The number of anilines is 2. The SMILES string of the molecule is CC(C)Nc1nc(Cl)nc(NCCC(=O)O)n1. The second kappa shape index (κ2) is 6.19. The minimum atomic E-state index is -0.891. The molecule has 17 heavy (non-hydrogen) atoms. The summed E-state index contributed by atoms with van der Waals surface area (Å²) >= 11 is 5.72. The third-order valence-corrected chi connectivity index (χ3v) is 1.82. The first-order valence-electron chi connectivity index (χ1n) is 5.11. The standard InChI is InChI=1S/C9H14ClN5O2/c1-5(2)12-9-14-7(10)13-8(15-9)11-4-3-6(16)17/h5H,3-4H2,1-2H3,(H,16,17)(H2,11,12,13,14,15). The number of aliphatic carboxylic acids is 1. The zero-order valence-corrected chi connectivity index (χ0v) is 10.3. The van der Waals surface area contributed by atoms with E-state index in [1.807, 2.05) is 13.8 Å². The Hall–Kier alpha value is -1.63. The lowest BCUT2D eigenvalue weighted by atomic mass is 10.4. The van der Waals surface area contributed by atoms with Crippen LogP contribution in [0, 0.1) is 0 Å². The van der Waals surface area contributed by atoms with Crippen LogP contribution in [0.3, 0.4) is 0 Å². The molecule has 1 heterocycles. The summed E-state index contributed by atoms with van der Waals surface area (Å²) in [6.07, 6.45) is -0.0176. The summed E-state index contributed by atoms with van der Waals surface area (Å²) in [4.78, 5) is 22.1. The molecule has 0 aliphatic carbocycles. The van der Waals surface area contributed by atoms with Crippen LogP contribution in [-0.2, 0) is 4.79 Å². The van der Waals surface area contributed by atoms with Crippen molar-refractivity contribution < 1.29 is 9.90 Å². The molecule has 1 aromatic rings. The van der Waals surface area contributed by atoms with Gasteiger partial charge in [-0.05, 0) is 25.4 Å². The van der Waals surface area contributed by atoms with Crippen molar-refractivity contribution in [1.29, 1.82) is 0 Å². The van der Waals surface area contributed by atoms with Crippen LogP contribution in [0.4, 0.5) is 11.9 Å². The fourth-order valence-electron chi connectivity index (χ4n) is 1.03. The molecular weight excluding hydrogens is 246 g/mol. The highest BCUT2D eigenvalue weighted by molar-refractivity contribution is 6.28. The van der Waals surface area contributed by atoms with Crippen LogP contribution in [0.2, 0.25) is 5.28 Å². The average molecular weight is 260 g/mol. The number of hydrogen-bond acceptors (Lipinski definition) is 6. The Balaban J connectivity index is 2.65. The van der Waals surface area contributed by atoms with Crippen molar-refractivity contribution in [2.45, 2.75) is 26.3 Å². The first kappa shape index (κ1) is 13.4. The van der Waals surface area contributed by atoms with Gasteiger partial charge in [-0.15, -0.1) is 0 Å². The second-order valence-corrected chi connectivity index (χ2v) is 3.96. The molecule has 0 amide bonds. The molecule has 3 N–H and O–H groups in total. The Morgan fingerprint density at radius 2 is 2.00 bits per heavy atom. The van der Waals surface area contributed by atoms with Crippen LogP contribution >= 0.6 is 11.6 Å². The minimum Gasteiger partial charge on any atom is -0.481 e. The maximum absolute atomic E-state index is 10.3. The van der Waals surface area contributed by atoms with Crippen molar-refractivity contribution in [2.75, 3.05) is 17.2 Å². The average Bonchev–Trinajstić information content (AvgIpc) is 2.14. The van der Waals surface area contributed by atoms with Crippen LogP contribution in [0.1, 0.15) is 20.3 Å². The summed E-state index contributed by atoms with van der Waals surface area (Å²) in [7, 11) is 0. The number of carboxylic acid groups (broad SMARTS) is 1. The zero-order chi connectivity index (χ0) is 12.8. The number of carboxylic acids is 1. The molecule has 0 aromatic carbocycles. The predicted molar refractivity (Wildman–Crippen MR) is 64.3 cm³/mol. The lowest BCUT2D eigenvalue weighted by Crippen LogP contribution is -2.15. The van der Waals surface area contributed by atoms with E-state index in [9.17, 15) is 4.79 Å². The first-order chi connectivity index (χ1) is 7.97. The van der Waals surface area contributed by atoms with Crippen LogP contribution < -0.4 is 10.6 Å². The van der Waals surface area contributed by atoms with Gasteiger partial charge in [-0.25, -0.2) is 0 Å². The van der Waals surface area contributed by atoms with Crippen LogP contribution in [0.5, 0.6) is 0 Å². The van der Waals surface area contributed by atoms with Gasteiger partial charge in [0.05, 0.1) is 6.42 Å². The van der Waals surface area contributed by atoms with Gasteiger partial charge >= 0.3 is 5.97 Å². The quantitative estimate of drug-likeness (QED) is 0.706. The number of aromatic nitrogens is 3. The van der Waals surface area contributed by atoms with Gasteiger partial charge in [0.1, 0.15) is 0 Å². The highest BCUT2D eigenvalue weighted by atomic mass is 35.5. The summed E-state index contributed by atoms with van der Waals surface area (Å²) in [6.45, 7) is 4.11. The Bertz CT molecular complexity index is 399. The van der Waals surface area contributed by atoms with Gasteiger partial charge in [0.2, 0.25) is 17.2 Å². The molecule has 0 saturated carbocycles. The van der Waals surface area contributed by atoms with Crippen molar-refractivity contribution in [3.8, 4) is 0 Å². The van der Waals surface area contributed by atoms with E-state index < -0.39 is 5.97 Å². The summed E-state index contributed by atoms with van der Waals surface area (Å²) < 4.78 is 0. The summed E-state index contributed by atoms with van der Waals surface area (Å²) in [5.41, 5.74) is 0. The van der Waals surface area contributed by atoms with Gasteiger partial charge in [0.25, 0.3) is 0 Å². The summed E-state index contributed by atoms with van der Waals surface area (Å²) in [5.74, 6) is -0.273. The van der Waals surface area contributed by atoms with Gasteiger partial charge in [0.15, 0.2) is 0 Å². The van der Waals surface area contributed by atoms with Gasteiger partial charge in [0, 0.05) is 12.6 Å². The Morgan fingerprint density at radius 3 is 2.59 bits per heavy atom. The molecule has 0 aliphatic heterocycles. The molecule has 0 radical (unpaired) electrons. The molecule has 0 spiro atoms. The van der Waals surface area contributed by atoms with Gasteiger partial charge < -0.3 is 15.7 Å². The van der Waals surface area contributed by atoms with E-state index in [0.29, 0.717) is 5.95 Å². The molecule has 0 fully saturated rings. The number of rotatable bonds is 6. The van der Waals surface area contributed by atoms with E-state index in [2.05, 4.69) is 25.6 Å². The van der Waals surface area contributed by atoms with Crippen molar-refractivity contribution in [1.82, 2.24) is 15.0 Å². The zero-order valence-electron chi connectivity index (χ0n) is 9.57. The molecule has 1 aromatic heterocycles. The molecule has 0 bridgehead atoms. The maximum Gasteiger partial charge on any atom is 0.305 e. The number of hydrogen-bond donors (Lipinski definition) is 3. The topological polar surface area (TPSA) is 100 Å². The minimum absolute atomic E-state index is 0.0176. The monoisotopic (exact) mass is 259 g/mol. The third kappa shape index (κ3) is 5.30. The Labute approximate surface area is 104 Å². The molecular formula is C9H14ClN5O2. The lowest BCUT2D eigenvalue weighted by molar-refractivity contribution is -0.136. The second-order valence-electron chi connectivity index (χ2n) is 3.62. The van der Waals surface area contributed by atoms with Gasteiger partial charge in [-0.2, -0.15) is 15.0 Å². The van der Waals surface area contributed by atoms with E-state index in [1.165, 1.54) is 0 Å². The molecule has 0 atom stereocenters. The molecule has 94 valence electrons. The number of carbonyl (C=O) groups is 1. The van der Waals surface area contributed by atoms with E-state index in [0.717, 1.165) is 0 Å². The fraction of sp³-hybridized carbons (Fsp3) is 0.556. The van der Waals surface area contributed by atoms with Crippen LogP contribution in [0.15, 0.2) is 0 Å². The summed E-state index contributed by atoms with van der Waals surface area (Å²) in [6, 6.07) is 0.167. The summed E-state index contributed by atoms with van der Waals surface area (Å²) in [5, 5.41) is 14.3. The Morgan fingerprint density at radius 1 is 1.35 bits per heavy atom. The Kier molecular flexibility index (Phi) is 4.89. The van der Waals surface area contributed by atoms with Crippen LogP contribution in [-0.4, -0.2) is 38.6 Å². The number of nitrogens with one attached hydrogen (secondary N) is 2. The normalized spacial score (nSPS) is 10.4.